The maximum Gasteiger partial charge on any atom is 0.0934 e. The molecule has 1 aromatic carbocycles. The third kappa shape index (κ3) is 1.64. The molecule has 1 aromatic heterocycles. The topological polar surface area (TPSA) is 0 Å². The standard InChI is InChI=1S/C11H10S2/c1-7-3-4-10-9(5-7)6-8(2)11(12)13-10/h3-6H,1-2H3. The highest BCUT2D eigenvalue weighted by atomic mass is 32.1. The molecule has 0 saturated heterocycles. The molecule has 13 heavy (non-hydrogen) atoms. The van der Waals surface area contributed by atoms with Crippen LogP contribution in [0.5, 0.6) is 0 Å². The molecule has 0 spiro atoms. The van der Waals surface area contributed by atoms with Crippen molar-refractivity contribution >= 4 is 33.6 Å². The van der Waals surface area contributed by atoms with Gasteiger partial charge in [0, 0.05) is 4.70 Å². The smallest absolute Gasteiger partial charge is 0.0934 e. The third-order valence-corrected chi connectivity index (χ3v) is 3.73. The molecule has 0 radical (unpaired) electrons. The molecule has 0 N–H and O–H groups in total. The van der Waals surface area contributed by atoms with Crippen molar-refractivity contribution in [3.63, 3.8) is 0 Å². The molecule has 0 fully saturated rings. The Labute approximate surface area is 86.9 Å². The van der Waals surface area contributed by atoms with Gasteiger partial charge in [0.2, 0.25) is 0 Å². The molecule has 0 amide bonds. The number of rotatable bonds is 0. The van der Waals surface area contributed by atoms with Gasteiger partial charge in [-0.2, -0.15) is 0 Å². The number of hydrogen-bond donors (Lipinski definition) is 0. The van der Waals surface area contributed by atoms with Crippen LogP contribution in [0.3, 0.4) is 0 Å². The second-order valence-corrected chi connectivity index (χ2v) is 4.98. The summed E-state index contributed by atoms with van der Waals surface area (Å²) in [7, 11) is 0. The van der Waals surface area contributed by atoms with E-state index in [1.165, 1.54) is 21.2 Å². The Bertz CT molecular complexity index is 509. The highest BCUT2D eigenvalue weighted by molar-refractivity contribution is 7.73. The first-order valence-electron chi connectivity index (χ1n) is 4.18. The Morgan fingerprint density at radius 3 is 2.69 bits per heavy atom. The molecule has 2 aromatic rings. The lowest BCUT2D eigenvalue weighted by molar-refractivity contribution is 1.49. The first-order valence-corrected chi connectivity index (χ1v) is 5.40. The molecule has 0 aliphatic carbocycles. The second kappa shape index (κ2) is 3.20. The molecule has 0 bridgehead atoms. The minimum absolute atomic E-state index is 0.997. The molecule has 0 saturated carbocycles. The van der Waals surface area contributed by atoms with Crippen molar-refractivity contribution in [2.45, 2.75) is 13.8 Å². The minimum atomic E-state index is 0.997. The summed E-state index contributed by atoms with van der Waals surface area (Å²) in [6.07, 6.45) is 0. The summed E-state index contributed by atoms with van der Waals surface area (Å²) in [4.78, 5) is 0. The molecule has 0 aliphatic heterocycles. The van der Waals surface area contributed by atoms with Crippen LogP contribution in [0.25, 0.3) is 10.1 Å². The summed E-state index contributed by atoms with van der Waals surface area (Å²) in [5, 5.41) is 1.30. The lowest BCUT2D eigenvalue weighted by atomic mass is 10.1. The van der Waals surface area contributed by atoms with Gasteiger partial charge in [0.05, 0.1) is 3.82 Å². The van der Waals surface area contributed by atoms with Crippen LogP contribution in [0.4, 0.5) is 0 Å². The van der Waals surface area contributed by atoms with Crippen molar-refractivity contribution in [2.24, 2.45) is 0 Å². The predicted octanol–water partition coefficient (Wildman–Crippen LogP) is 4.25. The van der Waals surface area contributed by atoms with Gasteiger partial charge in [-0.05, 0) is 36.9 Å². The van der Waals surface area contributed by atoms with Gasteiger partial charge >= 0.3 is 0 Å². The molecule has 0 nitrogen and oxygen atoms in total. The van der Waals surface area contributed by atoms with E-state index in [0.717, 1.165) is 3.82 Å². The lowest BCUT2D eigenvalue weighted by Crippen LogP contribution is -1.76. The zero-order valence-corrected chi connectivity index (χ0v) is 9.26. The largest absolute Gasteiger partial charge is 0.124 e. The van der Waals surface area contributed by atoms with Gasteiger partial charge < -0.3 is 0 Å². The summed E-state index contributed by atoms with van der Waals surface area (Å²) in [5.41, 5.74) is 2.51. The third-order valence-electron chi connectivity index (χ3n) is 2.06. The summed E-state index contributed by atoms with van der Waals surface area (Å²) in [6.45, 7) is 4.18. The number of hydrogen-bond acceptors (Lipinski definition) is 2. The molecule has 66 valence electrons. The normalized spacial score (nSPS) is 10.6. The van der Waals surface area contributed by atoms with Crippen LogP contribution in [0.15, 0.2) is 24.3 Å². The highest BCUT2D eigenvalue weighted by Gasteiger charge is 1.96. The van der Waals surface area contributed by atoms with Crippen molar-refractivity contribution in [3.8, 4) is 0 Å². The average Bonchev–Trinajstić information content (AvgIpc) is 2.08. The summed E-state index contributed by atoms with van der Waals surface area (Å²) in [5.74, 6) is 0. The molecular formula is C11H10S2. The Morgan fingerprint density at radius 1 is 1.15 bits per heavy atom. The van der Waals surface area contributed by atoms with Crippen LogP contribution in [-0.4, -0.2) is 0 Å². The zero-order valence-electron chi connectivity index (χ0n) is 7.63. The van der Waals surface area contributed by atoms with Crippen molar-refractivity contribution in [2.75, 3.05) is 0 Å². The Morgan fingerprint density at radius 2 is 1.92 bits per heavy atom. The van der Waals surface area contributed by atoms with E-state index < -0.39 is 0 Å². The monoisotopic (exact) mass is 206 g/mol. The van der Waals surface area contributed by atoms with E-state index >= 15 is 0 Å². The van der Waals surface area contributed by atoms with Gasteiger partial charge in [0.1, 0.15) is 0 Å². The number of fused-ring (bicyclic) bond motifs is 1. The van der Waals surface area contributed by atoms with E-state index in [4.69, 9.17) is 12.2 Å². The molecule has 0 atom stereocenters. The maximum absolute atomic E-state index is 5.23. The molecule has 1 heterocycles. The van der Waals surface area contributed by atoms with E-state index in [9.17, 15) is 0 Å². The fourth-order valence-electron chi connectivity index (χ4n) is 1.35. The Kier molecular flexibility index (Phi) is 2.18. The summed E-state index contributed by atoms with van der Waals surface area (Å²) < 4.78 is 2.28. The van der Waals surface area contributed by atoms with Crippen LogP contribution in [0.2, 0.25) is 0 Å². The minimum Gasteiger partial charge on any atom is -0.124 e. The van der Waals surface area contributed by atoms with E-state index in [-0.39, 0.29) is 0 Å². The molecule has 0 unspecified atom stereocenters. The van der Waals surface area contributed by atoms with Crippen molar-refractivity contribution in [1.82, 2.24) is 0 Å². The predicted molar refractivity (Wildman–Crippen MR) is 62.1 cm³/mol. The molecule has 2 rings (SSSR count). The first kappa shape index (κ1) is 8.85. The van der Waals surface area contributed by atoms with Gasteiger partial charge in [-0.1, -0.05) is 29.9 Å². The average molecular weight is 206 g/mol. The molecule has 0 aliphatic rings. The van der Waals surface area contributed by atoms with Gasteiger partial charge in [-0.3, -0.25) is 0 Å². The van der Waals surface area contributed by atoms with Gasteiger partial charge in [-0.15, -0.1) is 11.3 Å². The van der Waals surface area contributed by atoms with Crippen molar-refractivity contribution in [3.05, 3.63) is 39.2 Å². The van der Waals surface area contributed by atoms with Crippen LogP contribution < -0.4 is 0 Å². The van der Waals surface area contributed by atoms with Crippen molar-refractivity contribution in [1.29, 1.82) is 0 Å². The maximum atomic E-state index is 5.23. The summed E-state index contributed by atoms with van der Waals surface area (Å²) >= 11 is 6.92. The number of aryl methyl sites for hydroxylation is 2. The van der Waals surface area contributed by atoms with E-state index in [2.05, 4.69) is 38.1 Å². The SMILES string of the molecule is Cc1ccc2sc(=S)c(C)cc2c1. The van der Waals surface area contributed by atoms with Crippen molar-refractivity contribution < 1.29 is 0 Å². The first-order chi connectivity index (χ1) is 6.16. The number of benzene rings is 1. The van der Waals surface area contributed by atoms with Crippen LogP contribution in [0, 0.1) is 17.7 Å². The second-order valence-electron chi connectivity index (χ2n) is 3.26. The Balaban J connectivity index is 2.89. The van der Waals surface area contributed by atoms with Gasteiger partial charge in [0.15, 0.2) is 0 Å². The fourth-order valence-corrected chi connectivity index (χ4v) is 2.47. The lowest BCUT2D eigenvalue weighted by Gasteiger charge is -1.99. The van der Waals surface area contributed by atoms with Crippen LogP contribution >= 0.6 is 23.6 Å². The Hall–Kier alpha value is -0.730. The van der Waals surface area contributed by atoms with Gasteiger partial charge in [0.25, 0.3) is 0 Å². The van der Waals surface area contributed by atoms with Gasteiger partial charge in [-0.25, -0.2) is 0 Å². The quantitative estimate of drug-likeness (QED) is 0.581. The summed E-state index contributed by atoms with van der Waals surface area (Å²) in [6, 6.07) is 8.64. The zero-order chi connectivity index (χ0) is 9.42. The highest BCUT2D eigenvalue weighted by Crippen LogP contribution is 2.23. The van der Waals surface area contributed by atoms with E-state index in [1.54, 1.807) is 11.3 Å². The van der Waals surface area contributed by atoms with E-state index in [1.807, 2.05) is 0 Å². The molecule has 2 heteroatoms. The van der Waals surface area contributed by atoms with E-state index in [0.29, 0.717) is 0 Å². The fraction of sp³-hybridized carbons (Fsp3) is 0.182. The van der Waals surface area contributed by atoms with Crippen LogP contribution in [0.1, 0.15) is 11.1 Å². The van der Waals surface area contributed by atoms with Crippen LogP contribution in [-0.2, 0) is 0 Å². The molecular weight excluding hydrogens is 196 g/mol.